The van der Waals surface area contributed by atoms with E-state index >= 15 is 0 Å². The second-order valence-electron chi connectivity index (χ2n) is 7.27. The molecule has 1 fully saturated rings. The molecule has 3 rings (SSSR count). The van der Waals surface area contributed by atoms with Crippen LogP contribution < -0.4 is 10.6 Å². The molecule has 3 heteroatoms. The van der Waals surface area contributed by atoms with Crippen molar-refractivity contribution >= 4 is 5.91 Å². The molecule has 3 nitrogen and oxygen atoms in total. The Morgan fingerprint density at radius 1 is 1.00 bits per heavy atom. The first-order valence-electron chi connectivity index (χ1n) is 9.40. The van der Waals surface area contributed by atoms with Crippen molar-refractivity contribution in [3.05, 3.63) is 71.3 Å². The third-order valence-corrected chi connectivity index (χ3v) is 5.19. The molecule has 2 aromatic carbocycles. The highest BCUT2D eigenvalue weighted by atomic mass is 16.2. The lowest BCUT2D eigenvalue weighted by molar-refractivity contribution is -0.704. The molecule has 0 unspecified atom stereocenters. The van der Waals surface area contributed by atoms with Crippen LogP contribution in [0.3, 0.4) is 0 Å². The van der Waals surface area contributed by atoms with Gasteiger partial charge in [-0.15, -0.1) is 0 Å². The van der Waals surface area contributed by atoms with E-state index in [2.05, 4.69) is 66.1 Å². The Kier molecular flexibility index (Phi) is 5.87. The molecule has 0 spiro atoms. The molecular formula is C22H29N2O+. The molecular weight excluding hydrogens is 308 g/mol. The van der Waals surface area contributed by atoms with Crippen molar-refractivity contribution in [2.45, 2.75) is 57.7 Å². The van der Waals surface area contributed by atoms with Crippen molar-refractivity contribution < 1.29 is 10.1 Å². The zero-order chi connectivity index (χ0) is 17.6. The minimum Gasteiger partial charge on any atom is -0.348 e. The average Bonchev–Trinajstić information content (AvgIpc) is 3.14. The molecule has 25 heavy (non-hydrogen) atoms. The molecule has 0 saturated heterocycles. The van der Waals surface area contributed by atoms with Gasteiger partial charge in [0.15, 0.2) is 6.04 Å². The van der Waals surface area contributed by atoms with Crippen LogP contribution in [0.15, 0.2) is 54.6 Å². The SMILES string of the molecule is Cc1ccc([C@H]([NH2+][C@@H](C)C(=O)NC2CCCC2)c2ccccc2)cc1. The summed E-state index contributed by atoms with van der Waals surface area (Å²) in [7, 11) is 0. The van der Waals surface area contributed by atoms with E-state index in [0.717, 1.165) is 12.8 Å². The Morgan fingerprint density at radius 2 is 1.60 bits per heavy atom. The van der Waals surface area contributed by atoms with Crippen LogP contribution in [0.1, 0.15) is 55.3 Å². The van der Waals surface area contributed by atoms with Gasteiger partial charge in [-0.05, 0) is 26.7 Å². The molecule has 1 aliphatic carbocycles. The average molecular weight is 337 g/mol. The van der Waals surface area contributed by atoms with Gasteiger partial charge in [-0.2, -0.15) is 0 Å². The van der Waals surface area contributed by atoms with Crippen LogP contribution in [0, 0.1) is 6.92 Å². The van der Waals surface area contributed by atoms with E-state index in [1.165, 1.54) is 29.5 Å². The molecule has 1 amide bonds. The molecule has 132 valence electrons. The summed E-state index contributed by atoms with van der Waals surface area (Å²) in [6.45, 7) is 4.11. The summed E-state index contributed by atoms with van der Waals surface area (Å²) in [5.74, 6) is 0.153. The fourth-order valence-electron chi connectivity index (χ4n) is 3.63. The van der Waals surface area contributed by atoms with Gasteiger partial charge in [-0.1, -0.05) is 73.0 Å². The zero-order valence-corrected chi connectivity index (χ0v) is 15.2. The maximum absolute atomic E-state index is 12.6. The number of amides is 1. The van der Waals surface area contributed by atoms with E-state index in [4.69, 9.17) is 0 Å². The number of carbonyl (C=O) groups excluding carboxylic acids is 1. The largest absolute Gasteiger partial charge is 0.348 e. The maximum Gasteiger partial charge on any atom is 0.278 e. The molecule has 0 bridgehead atoms. The van der Waals surface area contributed by atoms with Gasteiger partial charge in [-0.3, -0.25) is 4.79 Å². The van der Waals surface area contributed by atoms with E-state index in [9.17, 15) is 4.79 Å². The molecule has 0 aliphatic heterocycles. The predicted octanol–water partition coefficient (Wildman–Crippen LogP) is 3.10. The van der Waals surface area contributed by atoms with Crippen LogP contribution >= 0.6 is 0 Å². The summed E-state index contributed by atoms with van der Waals surface area (Å²) in [6.07, 6.45) is 4.72. The van der Waals surface area contributed by atoms with Gasteiger partial charge in [-0.25, -0.2) is 0 Å². The van der Waals surface area contributed by atoms with Gasteiger partial charge in [0.05, 0.1) is 0 Å². The molecule has 0 radical (unpaired) electrons. The van der Waals surface area contributed by atoms with Crippen LogP contribution in [0.5, 0.6) is 0 Å². The van der Waals surface area contributed by atoms with E-state index in [-0.39, 0.29) is 18.0 Å². The molecule has 2 aromatic rings. The van der Waals surface area contributed by atoms with Crippen molar-refractivity contribution in [3.63, 3.8) is 0 Å². The maximum atomic E-state index is 12.6. The van der Waals surface area contributed by atoms with Crippen LogP contribution in [-0.2, 0) is 4.79 Å². The van der Waals surface area contributed by atoms with E-state index in [1.807, 2.05) is 13.0 Å². The number of aryl methyl sites for hydroxylation is 1. The van der Waals surface area contributed by atoms with Gasteiger partial charge in [0.2, 0.25) is 0 Å². The number of benzene rings is 2. The van der Waals surface area contributed by atoms with Gasteiger partial charge in [0.25, 0.3) is 5.91 Å². The van der Waals surface area contributed by atoms with Crippen molar-refractivity contribution in [1.29, 1.82) is 0 Å². The first-order chi connectivity index (χ1) is 12.1. The Bertz CT molecular complexity index is 675. The van der Waals surface area contributed by atoms with Gasteiger partial charge < -0.3 is 10.6 Å². The van der Waals surface area contributed by atoms with Gasteiger partial charge >= 0.3 is 0 Å². The highest BCUT2D eigenvalue weighted by Gasteiger charge is 2.27. The quantitative estimate of drug-likeness (QED) is 0.836. The van der Waals surface area contributed by atoms with Crippen molar-refractivity contribution in [3.8, 4) is 0 Å². The van der Waals surface area contributed by atoms with Gasteiger partial charge in [0, 0.05) is 17.2 Å². The highest BCUT2D eigenvalue weighted by Crippen LogP contribution is 2.20. The molecule has 1 saturated carbocycles. The first-order valence-corrected chi connectivity index (χ1v) is 9.40. The van der Waals surface area contributed by atoms with E-state index in [1.54, 1.807) is 0 Å². The van der Waals surface area contributed by atoms with Crippen LogP contribution in [0.25, 0.3) is 0 Å². The highest BCUT2D eigenvalue weighted by molar-refractivity contribution is 5.80. The summed E-state index contributed by atoms with van der Waals surface area (Å²) < 4.78 is 0. The van der Waals surface area contributed by atoms with Crippen LogP contribution in [-0.4, -0.2) is 18.0 Å². The van der Waals surface area contributed by atoms with E-state index < -0.39 is 0 Å². The zero-order valence-electron chi connectivity index (χ0n) is 15.2. The van der Waals surface area contributed by atoms with Crippen molar-refractivity contribution in [2.75, 3.05) is 0 Å². The smallest absolute Gasteiger partial charge is 0.278 e. The van der Waals surface area contributed by atoms with E-state index in [0.29, 0.717) is 6.04 Å². The Labute approximate surface area is 150 Å². The number of quaternary nitrogens is 1. The van der Waals surface area contributed by atoms with Crippen molar-refractivity contribution in [1.82, 2.24) is 5.32 Å². The third kappa shape index (κ3) is 4.70. The second kappa shape index (κ2) is 8.30. The lowest BCUT2D eigenvalue weighted by Crippen LogP contribution is -2.93. The lowest BCUT2D eigenvalue weighted by Gasteiger charge is -2.22. The first kappa shape index (κ1) is 17.7. The molecule has 0 heterocycles. The minimum atomic E-state index is -0.118. The third-order valence-electron chi connectivity index (χ3n) is 5.19. The minimum absolute atomic E-state index is 0.118. The normalized spacial score (nSPS) is 17.2. The van der Waals surface area contributed by atoms with Gasteiger partial charge in [0.1, 0.15) is 6.04 Å². The monoisotopic (exact) mass is 337 g/mol. The summed E-state index contributed by atoms with van der Waals surface area (Å²) in [6, 6.07) is 19.5. The number of nitrogens with one attached hydrogen (secondary N) is 1. The second-order valence-corrected chi connectivity index (χ2v) is 7.27. The summed E-state index contributed by atoms with van der Waals surface area (Å²) >= 11 is 0. The lowest BCUT2D eigenvalue weighted by atomic mass is 9.97. The fraction of sp³-hybridized carbons (Fsp3) is 0.409. The molecule has 0 aromatic heterocycles. The summed E-state index contributed by atoms with van der Waals surface area (Å²) in [5, 5.41) is 5.41. The Hall–Kier alpha value is -2.13. The number of hydrogen-bond donors (Lipinski definition) is 2. The summed E-state index contributed by atoms with van der Waals surface area (Å²) in [5.41, 5.74) is 3.71. The topological polar surface area (TPSA) is 45.7 Å². The molecule has 3 N–H and O–H groups in total. The molecule has 2 atom stereocenters. The Balaban J connectivity index is 1.75. The number of nitrogens with two attached hydrogens (primary N) is 1. The number of carbonyl (C=O) groups is 1. The van der Waals surface area contributed by atoms with Crippen LogP contribution in [0.4, 0.5) is 0 Å². The molecule has 1 aliphatic rings. The number of hydrogen-bond acceptors (Lipinski definition) is 1. The fourth-order valence-corrected chi connectivity index (χ4v) is 3.63. The van der Waals surface area contributed by atoms with Crippen LogP contribution in [0.2, 0.25) is 0 Å². The Morgan fingerprint density at radius 3 is 2.24 bits per heavy atom. The standard InChI is InChI=1S/C22H28N2O/c1-16-12-14-19(15-13-16)21(18-8-4-3-5-9-18)23-17(2)22(25)24-20-10-6-7-11-20/h3-5,8-9,12-15,17,20-21,23H,6-7,10-11H2,1-2H3,(H,24,25)/p+1/t17-,21+/m0/s1. The predicted molar refractivity (Wildman–Crippen MR) is 101 cm³/mol. The van der Waals surface area contributed by atoms with Crippen molar-refractivity contribution in [2.24, 2.45) is 0 Å². The summed E-state index contributed by atoms with van der Waals surface area (Å²) in [4.78, 5) is 12.6. The number of rotatable bonds is 6.